The first kappa shape index (κ1) is 173. The van der Waals surface area contributed by atoms with Crippen molar-refractivity contribution in [3.8, 4) is 0 Å². The van der Waals surface area contributed by atoms with Crippen LogP contribution in [0.25, 0.3) is 0 Å². The van der Waals surface area contributed by atoms with E-state index < -0.39 is 0 Å². The average Bonchev–Trinajstić information content (AvgIpc) is 0. The summed E-state index contributed by atoms with van der Waals surface area (Å²) in [4.78, 5) is 0. The van der Waals surface area contributed by atoms with Crippen molar-refractivity contribution in [2.45, 2.75) is 0 Å². The predicted octanol–water partition coefficient (Wildman–Crippen LogP) is -3.31. The van der Waals surface area contributed by atoms with Crippen LogP contribution in [0.15, 0.2) is 0 Å². The van der Waals surface area contributed by atoms with Crippen LogP contribution in [0.1, 0.15) is 0 Å². The second-order valence-corrected chi connectivity index (χ2v) is 0. The van der Waals surface area contributed by atoms with Crippen LogP contribution in [0.3, 0.4) is 0 Å². The minimum absolute atomic E-state index is 0. The Morgan fingerprint density at radius 3 is 0.571 bits per heavy atom. The van der Waals surface area contributed by atoms with Crippen molar-refractivity contribution in [3.63, 3.8) is 0 Å². The largest absolute Gasteiger partial charge is 0.412 e. The molecule has 0 unspecified atom stereocenters. The van der Waals surface area contributed by atoms with E-state index >= 15 is 0 Å². The minimum Gasteiger partial charge on any atom is -0.412 e. The number of rotatable bonds is 0. The molecule has 0 aliphatic heterocycles. The molecule has 0 saturated carbocycles. The molecule has 0 rings (SSSR count). The van der Waals surface area contributed by atoms with E-state index in [9.17, 15) is 0 Å². The summed E-state index contributed by atoms with van der Waals surface area (Å²) in [5.74, 6) is 0. The monoisotopic (exact) mass is 362 g/mol. The second kappa shape index (κ2) is 116. The van der Waals surface area contributed by atoms with Crippen LogP contribution in [-0.2, 0) is 59.3 Å². The van der Waals surface area contributed by atoms with Crippen LogP contribution >= 0.6 is 0 Å². The van der Waals surface area contributed by atoms with Crippen molar-refractivity contribution in [2.75, 3.05) is 0 Å². The third-order valence-corrected chi connectivity index (χ3v) is 0. The molecule has 0 aliphatic carbocycles. The van der Waals surface area contributed by atoms with Gasteiger partial charge >= 0.3 is 0 Å². The van der Waals surface area contributed by atoms with Crippen molar-refractivity contribution in [1.29, 1.82) is 0 Å². The molecule has 4 nitrogen and oxygen atoms in total. The average molecular weight is 362 g/mol. The molecule has 0 spiro atoms. The van der Waals surface area contributed by atoms with Crippen LogP contribution in [0.5, 0.6) is 0 Å². The Hall–Kier alpha value is 1.74. The fraction of sp³-hybridized carbons (Fsp3) is 0. The summed E-state index contributed by atoms with van der Waals surface area (Å²) in [5.41, 5.74) is 0. The molecular formula is H8NiO4TiW. The van der Waals surface area contributed by atoms with Crippen LogP contribution in [0.4, 0.5) is 0 Å². The van der Waals surface area contributed by atoms with Crippen molar-refractivity contribution < 1.29 is 81.2 Å². The topological polar surface area (TPSA) is 126 Å². The molecule has 0 fully saturated rings. The van der Waals surface area contributed by atoms with Gasteiger partial charge in [-0.15, -0.1) is 0 Å². The number of hydrogen-bond acceptors (Lipinski definition) is 0. The Labute approximate surface area is 80.7 Å². The van der Waals surface area contributed by atoms with Crippen LogP contribution < -0.4 is 0 Å². The molecule has 0 aromatic carbocycles. The van der Waals surface area contributed by atoms with Gasteiger partial charge in [0.2, 0.25) is 0 Å². The van der Waals surface area contributed by atoms with Crippen molar-refractivity contribution in [1.82, 2.24) is 0 Å². The number of hydrogen-bond donors (Lipinski definition) is 0. The SMILES string of the molecule is O.O.O.O.[Ni].[Ti].[W]. The maximum Gasteiger partial charge on any atom is 0 e. The first-order valence-corrected chi connectivity index (χ1v) is 0. The zero-order valence-corrected chi connectivity index (χ0v) is 8.71. The maximum absolute atomic E-state index is 0. The van der Waals surface area contributed by atoms with E-state index in [1.165, 1.54) is 0 Å². The van der Waals surface area contributed by atoms with Crippen molar-refractivity contribution in [2.24, 2.45) is 0 Å². The molecule has 7 heavy (non-hydrogen) atoms. The smallest absolute Gasteiger partial charge is 0 e. The zero-order valence-electron chi connectivity index (χ0n) is 3.22. The molecule has 0 amide bonds. The molecule has 52 valence electrons. The molecule has 7 heteroatoms. The summed E-state index contributed by atoms with van der Waals surface area (Å²) >= 11 is 0. The van der Waals surface area contributed by atoms with Crippen LogP contribution in [0, 0.1) is 0 Å². The fourth-order valence-corrected chi connectivity index (χ4v) is 0. The van der Waals surface area contributed by atoms with E-state index in [1.807, 2.05) is 0 Å². The summed E-state index contributed by atoms with van der Waals surface area (Å²) in [5, 5.41) is 0. The van der Waals surface area contributed by atoms with Crippen molar-refractivity contribution >= 4 is 0 Å². The Morgan fingerprint density at radius 1 is 0.571 bits per heavy atom. The van der Waals surface area contributed by atoms with Gasteiger partial charge in [-0.25, -0.2) is 0 Å². The third-order valence-electron chi connectivity index (χ3n) is 0. The van der Waals surface area contributed by atoms with E-state index in [0.717, 1.165) is 0 Å². The quantitative estimate of drug-likeness (QED) is 0.400. The normalized spacial score (nSPS) is 0. The van der Waals surface area contributed by atoms with E-state index in [0.29, 0.717) is 0 Å². The summed E-state index contributed by atoms with van der Waals surface area (Å²) in [6, 6.07) is 0. The molecule has 0 heterocycles. The van der Waals surface area contributed by atoms with Gasteiger partial charge in [-0.3, -0.25) is 0 Å². The first-order valence-electron chi connectivity index (χ1n) is 0. The van der Waals surface area contributed by atoms with Gasteiger partial charge in [0, 0.05) is 59.3 Å². The summed E-state index contributed by atoms with van der Waals surface area (Å²) in [6.07, 6.45) is 0. The molecule has 0 bridgehead atoms. The van der Waals surface area contributed by atoms with Gasteiger partial charge in [-0.2, -0.15) is 0 Å². The van der Waals surface area contributed by atoms with Gasteiger partial charge in [0.15, 0.2) is 0 Å². The Balaban J connectivity index is 0. The predicted molar refractivity (Wildman–Crippen MR) is 14.5 cm³/mol. The summed E-state index contributed by atoms with van der Waals surface area (Å²) in [7, 11) is 0. The first-order chi connectivity index (χ1) is 0. The zero-order chi connectivity index (χ0) is 0. The molecule has 0 atom stereocenters. The Bertz CT molecular complexity index is 11.7. The van der Waals surface area contributed by atoms with E-state index in [1.54, 1.807) is 0 Å². The Morgan fingerprint density at radius 2 is 0.571 bits per heavy atom. The van der Waals surface area contributed by atoms with Gasteiger partial charge in [0.25, 0.3) is 0 Å². The van der Waals surface area contributed by atoms with Crippen LogP contribution in [0.2, 0.25) is 0 Å². The molecule has 0 aromatic heterocycles. The van der Waals surface area contributed by atoms with Gasteiger partial charge in [-0.1, -0.05) is 0 Å². The van der Waals surface area contributed by atoms with E-state index in [2.05, 4.69) is 0 Å². The molecule has 8 N–H and O–H groups in total. The van der Waals surface area contributed by atoms with E-state index in [-0.39, 0.29) is 81.2 Å². The van der Waals surface area contributed by atoms with Crippen molar-refractivity contribution in [3.05, 3.63) is 0 Å². The summed E-state index contributed by atoms with van der Waals surface area (Å²) < 4.78 is 0. The minimum atomic E-state index is 0. The summed E-state index contributed by atoms with van der Waals surface area (Å²) in [6.45, 7) is 0. The standard InChI is InChI=1S/Ni.4H2O.Ti.W/h;4*1H2;;. The third kappa shape index (κ3) is 84.5. The fourth-order valence-electron chi connectivity index (χ4n) is 0. The van der Waals surface area contributed by atoms with Gasteiger partial charge in [0.05, 0.1) is 0 Å². The molecule has 0 saturated heterocycles. The molecule has 0 radical (unpaired) electrons. The second-order valence-electron chi connectivity index (χ2n) is 0. The van der Waals surface area contributed by atoms with Gasteiger partial charge in [-0.05, 0) is 0 Å². The molecule has 0 aromatic rings. The molecular weight excluding hydrogens is 354 g/mol. The van der Waals surface area contributed by atoms with E-state index in [4.69, 9.17) is 0 Å². The van der Waals surface area contributed by atoms with Gasteiger partial charge in [0.1, 0.15) is 0 Å². The van der Waals surface area contributed by atoms with Crippen LogP contribution in [-0.4, -0.2) is 21.9 Å². The van der Waals surface area contributed by atoms with Gasteiger partial charge < -0.3 is 21.9 Å². The maximum atomic E-state index is 0. The Kier molecular flexibility index (Phi) is 2890. The molecule has 0 aliphatic rings.